The summed E-state index contributed by atoms with van der Waals surface area (Å²) in [6.07, 6.45) is 0.214. The van der Waals surface area contributed by atoms with Crippen molar-refractivity contribution in [3.05, 3.63) is 66.0 Å². The summed E-state index contributed by atoms with van der Waals surface area (Å²) in [6, 6.07) is 16.0. The first kappa shape index (κ1) is 25.5. The van der Waals surface area contributed by atoms with Gasteiger partial charge in [-0.1, -0.05) is 30.3 Å². The van der Waals surface area contributed by atoms with Gasteiger partial charge in [-0.2, -0.15) is 0 Å². The number of hydrogen-bond donors (Lipinski definition) is 1. The van der Waals surface area contributed by atoms with Crippen LogP contribution in [0.4, 0.5) is 10.1 Å². The molecule has 4 rings (SSSR count). The largest absolute Gasteiger partial charge is 0.379 e. The number of benzene rings is 2. The number of anilines is 1. The van der Waals surface area contributed by atoms with Gasteiger partial charge in [0, 0.05) is 51.5 Å². The maximum atomic E-state index is 13.3. The zero-order valence-electron chi connectivity index (χ0n) is 19.9. The van der Waals surface area contributed by atoms with Crippen LogP contribution in [0.15, 0.2) is 54.6 Å². The second-order valence-electron chi connectivity index (χ2n) is 8.83. The Morgan fingerprint density at radius 1 is 1.06 bits per heavy atom. The summed E-state index contributed by atoms with van der Waals surface area (Å²) in [7, 11) is 0. The van der Waals surface area contributed by atoms with Crippen LogP contribution < -0.4 is 5.32 Å². The van der Waals surface area contributed by atoms with Crippen LogP contribution >= 0.6 is 12.2 Å². The molecule has 0 spiro atoms. The van der Waals surface area contributed by atoms with Crippen molar-refractivity contribution in [3.8, 4) is 0 Å². The molecule has 2 aromatic rings. The Labute approximate surface area is 211 Å². The minimum atomic E-state index is -0.287. The Bertz CT molecular complexity index is 957. The number of nitrogens with one attached hydrogen (secondary N) is 1. The van der Waals surface area contributed by atoms with Gasteiger partial charge in [0.2, 0.25) is 5.91 Å². The average molecular weight is 501 g/mol. The predicted molar refractivity (Wildman–Crippen MR) is 138 cm³/mol. The molecule has 1 atom stereocenters. The number of ether oxygens (including phenoxy) is 2. The average Bonchev–Trinajstić information content (AvgIpc) is 2.89. The molecule has 0 saturated carbocycles. The standard InChI is InChI=1S/C26H33FN4O3S/c27-22-6-8-23(9-7-22)28-26(35)31-14-17-34-24(20-31)19-30(11-10-29-12-15-33-16-13-29)25(32)18-21-4-2-1-3-5-21/h1-9,24H,10-20H2,(H,28,35)/t24-/m1/s1. The molecule has 2 aliphatic heterocycles. The number of nitrogens with zero attached hydrogens (tertiary/aromatic N) is 3. The summed E-state index contributed by atoms with van der Waals surface area (Å²) >= 11 is 5.60. The summed E-state index contributed by atoms with van der Waals surface area (Å²) in [5.74, 6) is -0.192. The van der Waals surface area contributed by atoms with Crippen LogP contribution in [0, 0.1) is 5.82 Å². The van der Waals surface area contributed by atoms with E-state index in [9.17, 15) is 9.18 Å². The normalized spacial score (nSPS) is 18.8. The van der Waals surface area contributed by atoms with Gasteiger partial charge in [0.25, 0.3) is 0 Å². The van der Waals surface area contributed by atoms with E-state index in [1.807, 2.05) is 35.2 Å². The first-order valence-corrected chi connectivity index (χ1v) is 12.5. The van der Waals surface area contributed by atoms with Crippen LogP contribution in [-0.4, -0.2) is 97.5 Å². The van der Waals surface area contributed by atoms with E-state index in [0.717, 1.165) is 44.1 Å². The minimum Gasteiger partial charge on any atom is -0.379 e. The van der Waals surface area contributed by atoms with Crippen molar-refractivity contribution in [1.29, 1.82) is 0 Å². The first-order chi connectivity index (χ1) is 17.1. The molecule has 2 saturated heterocycles. The lowest BCUT2D eigenvalue weighted by molar-refractivity contribution is -0.133. The van der Waals surface area contributed by atoms with E-state index in [1.165, 1.54) is 12.1 Å². The predicted octanol–water partition coefficient (Wildman–Crippen LogP) is 2.63. The van der Waals surface area contributed by atoms with Crippen molar-refractivity contribution < 1.29 is 18.7 Å². The number of hydrogen-bond acceptors (Lipinski definition) is 5. The highest BCUT2D eigenvalue weighted by atomic mass is 32.1. The quantitative estimate of drug-likeness (QED) is 0.560. The Morgan fingerprint density at radius 2 is 1.80 bits per heavy atom. The SMILES string of the molecule is O=C(Cc1ccccc1)N(CCN1CCOCC1)C[C@@H]1CN(C(=S)Nc2ccc(F)cc2)CCO1. The van der Waals surface area contributed by atoms with Gasteiger partial charge in [-0.25, -0.2) is 4.39 Å². The van der Waals surface area contributed by atoms with E-state index in [2.05, 4.69) is 15.1 Å². The number of carbonyl (C=O) groups excluding carboxylic acids is 1. The van der Waals surface area contributed by atoms with E-state index in [1.54, 1.807) is 12.1 Å². The van der Waals surface area contributed by atoms with Crippen molar-refractivity contribution in [3.63, 3.8) is 0 Å². The lowest BCUT2D eigenvalue weighted by Gasteiger charge is -2.37. The van der Waals surface area contributed by atoms with Crippen LogP contribution in [0.5, 0.6) is 0 Å². The molecule has 188 valence electrons. The van der Waals surface area contributed by atoms with Crippen molar-refractivity contribution in [2.24, 2.45) is 0 Å². The van der Waals surface area contributed by atoms with Crippen LogP contribution in [0.3, 0.4) is 0 Å². The topological polar surface area (TPSA) is 57.3 Å². The molecule has 0 unspecified atom stereocenters. The maximum absolute atomic E-state index is 13.3. The van der Waals surface area contributed by atoms with Gasteiger partial charge in [0.1, 0.15) is 5.82 Å². The molecular weight excluding hydrogens is 467 g/mol. The zero-order chi connectivity index (χ0) is 24.5. The van der Waals surface area contributed by atoms with Gasteiger partial charge in [-0.05, 0) is 42.0 Å². The second kappa shape index (κ2) is 12.9. The van der Waals surface area contributed by atoms with Gasteiger partial charge < -0.3 is 24.6 Å². The molecular formula is C26H33FN4O3S. The molecule has 2 aromatic carbocycles. The lowest BCUT2D eigenvalue weighted by atomic mass is 10.1. The molecule has 1 amide bonds. The molecule has 2 heterocycles. The van der Waals surface area contributed by atoms with Crippen LogP contribution in [0.2, 0.25) is 0 Å². The fraction of sp³-hybridized carbons (Fsp3) is 0.462. The summed E-state index contributed by atoms with van der Waals surface area (Å²) in [4.78, 5) is 19.6. The van der Waals surface area contributed by atoms with Crippen molar-refractivity contribution in [2.75, 3.05) is 71.0 Å². The monoisotopic (exact) mass is 500 g/mol. The molecule has 0 aliphatic carbocycles. The fourth-order valence-corrected chi connectivity index (χ4v) is 4.57. The molecule has 2 aliphatic rings. The Kier molecular flexibility index (Phi) is 9.42. The third-order valence-corrected chi connectivity index (χ3v) is 6.65. The third-order valence-electron chi connectivity index (χ3n) is 6.29. The highest BCUT2D eigenvalue weighted by Gasteiger charge is 2.27. The minimum absolute atomic E-state index is 0.0946. The number of amides is 1. The van der Waals surface area contributed by atoms with E-state index in [0.29, 0.717) is 44.3 Å². The first-order valence-electron chi connectivity index (χ1n) is 12.1. The highest BCUT2D eigenvalue weighted by molar-refractivity contribution is 7.80. The summed E-state index contributed by atoms with van der Waals surface area (Å²) < 4.78 is 24.7. The smallest absolute Gasteiger partial charge is 0.227 e. The Morgan fingerprint density at radius 3 is 2.54 bits per heavy atom. The van der Waals surface area contributed by atoms with Gasteiger partial charge in [-0.3, -0.25) is 9.69 Å². The summed E-state index contributed by atoms with van der Waals surface area (Å²) in [5.41, 5.74) is 1.74. The molecule has 0 aromatic heterocycles. The summed E-state index contributed by atoms with van der Waals surface area (Å²) in [6.45, 7) is 6.97. The molecule has 0 radical (unpaired) electrons. The molecule has 7 nitrogen and oxygen atoms in total. The van der Waals surface area contributed by atoms with Crippen molar-refractivity contribution in [2.45, 2.75) is 12.5 Å². The van der Waals surface area contributed by atoms with Crippen molar-refractivity contribution in [1.82, 2.24) is 14.7 Å². The number of carbonyl (C=O) groups is 1. The number of rotatable bonds is 8. The Balaban J connectivity index is 1.36. The molecule has 35 heavy (non-hydrogen) atoms. The zero-order valence-corrected chi connectivity index (χ0v) is 20.7. The highest BCUT2D eigenvalue weighted by Crippen LogP contribution is 2.14. The maximum Gasteiger partial charge on any atom is 0.227 e. The molecule has 0 bridgehead atoms. The number of morpholine rings is 2. The Hall–Kier alpha value is -2.59. The number of thiocarbonyl (C=S) groups is 1. The fourth-order valence-electron chi connectivity index (χ4n) is 4.28. The van der Waals surface area contributed by atoms with E-state index in [4.69, 9.17) is 21.7 Å². The third kappa shape index (κ3) is 7.96. The summed E-state index contributed by atoms with van der Waals surface area (Å²) in [5, 5.41) is 3.74. The van der Waals surface area contributed by atoms with Crippen molar-refractivity contribution >= 4 is 28.9 Å². The number of halogens is 1. The van der Waals surface area contributed by atoms with Gasteiger partial charge in [0.15, 0.2) is 5.11 Å². The van der Waals surface area contributed by atoms with Gasteiger partial charge >= 0.3 is 0 Å². The van der Waals surface area contributed by atoms with E-state index >= 15 is 0 Å². The lowest BCUT2D eigenvalue weighted by Crippen LogP contribution is -2.52. The molecule has 1 N–H and O–H groups in total. The van der Waals surface area contributed by atoms with Crippen LogP contribution in [-0.2, 0) is 20.7 Å². The second-order valence-corrected chi connectivity index (χ2v) is 9.22. The molecule has 2 fully saturated rings. The van der Waals surface area contributed by atoms with Gasteiger partial charge in [0.05, 0.1) is 32.3 Å². The van der Waals surface area contributed by atoms with Crippen LogP contribution in [0.25, 0.3) is 0 Å². The van der Waals surface area contributed by atoms with E-state index in [-0.39, 0.29) is 17.8 Å². The van der Waals surface area contributed by atoms with Crippen LogP contribution in [0.1, 0.15) is 5.56 Å². The van der Waals surface area contributed by atoms with E-state index < -0.39 is 0 Å². The molecule has 9 heteroatoms. The van der Waals surface area contributed by atoms with Gasteiger partial charge in [-0.15, -0.1) is 0 Å².